The molecule has 2 atom stereocenters. The van der Waals surface area contributed by atoms with E-state index in [1.165, 1.54) is 0 Å². The van der Waals surface area contributed by atoms with E-state index < -0.39 is 0 Å². The Balaban J connectivity index is 0.00000133. The maximum atomic E-state index is 6.01. The normalized spacial score (nSPS) is 20.3. The Labute approximate surface area is 139 Å². The summed E-state index contributed by atoms with van der Waals surface area (Å²) in [6.45, 7) is 4.86. The molecule has 2 aromatic carbocycles. The summed E-state index contributed by atoms with van der Waals surface area (Å²) < 4.78 is 6.01. The number of hydrogen-bond donors (Lipinski definition) is 1. The van der Waals surface area contributed by atoms with Crippen molar-refractivity contribution in [1.82, 2.24) is 0 Å². The zero-order chi connectivity index (χ0) is 12.5. The molecule has 0 saturated carbocycles. The second-order valence-electron chi connectivity index (χ2n) is 4.63. The van der Waals surface area contributed by atoms with Gasteiger partial charge in [0.25, 0.3) is 0 Å². The van der Waals surface area contributed by atoms with Gasteiger partial charge in [0, 0.05) is 32.7 Å². The summed E-state index contributed by atoms with van der Waals surface area (Å²) in [5.41, 5.74) is 8.22. The van der Waals surface area contributed by atoms with Gasteiger partial charge in [-0.25, -0.2) is 0 Å². The molecule has 0 unspecified atom stereocenters. The van der Waals surface area contributed by atoms with Crippen LogP contribution in [0.15, 0.2) is 48.5 Å². The predicted molar refractivity (Wildman–Crippen MR) is 72.9 cm³/mol. The number of hydrogen-bond acceptors (Lipinski definition) is 2. The van der Waals surface area contributed by atoms with Gasteiger partial charge in [0.1, 0.15) is 11.5 Å². The van der Waals surface area contributed by atoms with Crippen LogP contribution in [-0.4, -0.2) is 6.54 Å². The number of benzene rings is 2. The Morgan fingerprint density at radius 3 is 2.11 bits per heavy atom. The van der Waals surface area contributed by atoms with E-state index in [2.05, 4.69) is 19.1 Å². The van der Waals surface area contributed by atoms with E-state index in [1.807, 2.05) is 36.4 Å². The molecule has 0 spiro atoms. The summed E-state index contributed by atoms with van der Waals surface area (Å²) in [5.74, 6) is 2.10. The number of fused-ring (bicyclic) bond motifs is 2. The summed E-state index contributed by atoms with van der Waals surface area (Å²) in [6, 6.07) is 16.1. The molecule has 0 fully saturated rings. The molecule has 1 radical (unpaired) electrons. The molecule has 3 heteroatoms. The molecule has 3 rings (SSSR count). The van der Waals surface area contributed by atoms with Crippen LogP contribution in [0.3, 0.4) is 0 Å². The minimum atomic E-state index is 0. The third-order valence-corrected chi connectivity index (χ3v) is 3.60. The summed E-state index contributed by atoms with van der Waals surface area (Å²) in [4.78, 5) is 0. The van der Waals surface area contributed by atoms with Crippen molar-refractivity contribution in [3.63, 3.8) is 0 Å². The van der Waals surface area contributed by atoms with E-state index in [0.29, 0.717) is 6.54 Å². The van der Waals surface area contributed by atoms with Gasteiger partial charge in [-0.1, -0.05) is 36.4 Å². The van der Waals surface area contributed by atoms with Crippen molar-refractivity contribution < 1.29 is 37.4 Å². The fraction of sp³-hybridized carbons (Fsp3) is 0.188. The molecule has 2 nitrogen and oxygen atoms in total. The Morgan fingerprint density at radius 2 is 1.47 bits per heavy atom. The molecule has 1 aliphatic heterocycles. The third kappa shape index (κ3) is 2.62. The maximum Gasteiger partial charge on any atom is 0.130 e. The van der Waals surface area contributed by atoms with Gasteiger partial charge in [0.2, 0.25) is 0 Å². The van der Waals surface area contributed by atoms with Gasteiger partial charge in [0.05, 0.1) is 0 Å². The topological polar surface area (TPSA) is 35.2 Å². The summed E-state index contributed by atoms with van der Waals surface area (Å²) in [7, 11) is 0. The van der Waals surface area contributed by atoms with E-state index in [9.17, 15) is 0 Å². The second-order valence-corrected chi connectivity index (χ2v) is 4.63. The minimum absolute atomic E-state index is 0. The third-order valence-electron chi connectivity index (χ3n) is 3.60. The fourth-order valence-electron chi connectivity index (χ4n) is 2.60. The molecular formula is C16H16NOY-. The van der Waals surface area contributed by atoms with Crippen molar-refractivity contribution in [3.05, 3.63) is 66.6 Å². The van der Waals surface area contributed by atoms with Crippen molar-refractivity contribution in [2.45, 2.75) is 11.8 Å². The maximum absolute atomic E-state index is 6.01. The van der Waals surface area contributed by atoms with E-state index in [4.69, 9.17) is 10.5 Å². The van der Waals surface area contributed by atoms with Crippen molar-refractivity contribution >= 4 is 0 Å². The van der Waals surface area contributed by atoms with Crippen molar-refractivity contribution in [2.24, 2.45) is 5.73 Å². The second kappa shape index (κ2) is 6.17. The molecule has 95 valence electrons. The molecular weight excluding hydrogens is 311 g/mol. The van der Waals surface area contributed by atoms with Gasteiger partial charge < -0.3 is 17.4 Å². The summed E-state index contributed by atoms with van der Waals surface area (Å²) in [5, 5.41) is 0. The van der Waals surface area contributed by atoms with Gasteiger partial charge in [0.15, 0.2) is 0 Å². The van der Waals surface area contributed by atoms with Crippen molar-refractivity contribution in [1.29, 1.82) is 0 Å². The van der Waals surface area contributed by atoms with E-state index >= 15 is 0 Å². The number of para-hydroxylation sites is 2. The van der Waals surface area contributed by atoms with Gasteiger partial charge in [-0.3, -0.25) is 0 Å². The van der Waals surface area contributed by atoms with Crippen molar-refractivity contribution in [3.8, 4) is 11.5 Å². The van der Waals surface area contributed by atoms with Gasteiger partial charge >= 0.3 is 0 Å². The molecule has 0 aromatic heterocycles. The standard InChI is InChI=1S/C16H16NO.Y/c1-11-12-6-2-4-8-15(12)18-16-9-5-3-7-13(16)14(11)10-17;/h2-9,11,14H,1,10,17H2;/q-1;/t11-,14+;/m0./s1. The van der Waals surface area contributed by atoms with Crippen molar-refractivity contribution in [2.75, 3.05) is 6.54 Å². The molecule has 0 amide bonds. The molecule has 0 bridgehead atoms. The Kier molecular flexibility index (Phi) is 4.78. The Hall–Kier alpha value is -0.696. The van der Waals surface area contributed by atoms with Crippen LogP contribution >= 0.6 is 0 Å². The first-order chi connectivity index (χ1) is 8.81. The minimum Gasteiger partial charge on any atom is -0.457 e. The van der Waals surface area contributed by atoms with Crippen LogP contribution < -0.4 is 10.5 Å². The zero-order valence-corrected chi connectivity index (χ0v) is 13.6. The number of nitrogens with two attached hydrogens (primary N) is 1. The first kappa shape index (κ1) is 14.7. The van der Waals surface area contributed by atoms with Gasteiger partial charge in [-0.2, -0.15) is 0 Å². The largest absolute Gasteiger partial charge is 0.457 e. The van der Waals surface area contributed by atoms with E-state index in [0.717, 1.165) is 22.6 Å². The summed E-state index contributed by atoms with van der Waals surface area (Å²) >= 11 is 0. The average molecular weight is 327 g/mol. The van der Waals surface area contributed by atoms with Gasteiger partial charge in [-0.15, -0.1) is 5.92 Å². The first-order valence-corrected chi connectivity index (χ1v) is 6.20. The SMILES string of the molecule is [CH2-][C@H]1c2ccccc2Oc2ccccc2[C@@H]1CN.[Y]. The Morgan fingerprint density at radius 1 is 0.947 bits per heavy atom. The van der Waals surface area contributed by atoms with Crippen LogP contribution in [0.4, 0.5) is 0 Å². The first-order valence-electron chi connectivity index (χ1n) is 6.20. The summed E-state index contributed by atoms with van der Waals surface area (Å²) in [6.07, 6.45) is 0. The number of rotatable bonds is 1. The monoisotopic (exact) mass is 327 g/mol. The zero-order valence-electron chi connectivity index (χ0n) is 10.8. The predicted octanol–water partition coefficient (Wildman–Crippen LogP) is 3.45. The Bertz CT molecular complexity index is 570. The molecule has 1 heterocycles. The van der Waals surface area contributed by atoms with E-state index in [-0.39, 0.29) is 44.5 Å². The average Bonchev–Trinajstić information content (AvgIpc) is 2.53. The van der Waals surface area contributed by atoms with Crippen LogP contribution in [0, 0.1) is 6.92 Å². The molecule has 1 aliphatic rings. The smallest absolute Gasteiger partial charge is 0.130 e. The van der Waals surface area contributed by atoms with Crippen LogP contribution in [0.2, 0.25) is 0 Å². The van der Waals surface area contributed by atoms with E-state index in [1.54, 1.807) is 0 Å². The fourth-order valence-corrected chi connectivity index (χ4v) is 2.60. The van der Waals surface area contributed by atoms with Gasteiger partial charge in [-0.05, 0) is 35.7 Å². The van der Waals surface area contributed by atoms with Crippen LogP contribution in [0.25, 0.3) is 0 Å². The van der Waals surface area contributed by atoms with Crippen LogP contribution in [0.5, 0.6) is 11.5 Å². The molecule has 0 saturated heterocycles. The molecule has 2 aromatic rings. The molecule has 19 heavy (non-hydrogen) atoms. The van der Waals surface area contributed by atoms with Crippen LogP contribution in [-0.2, 0) is 32.7 Å². The van der Waals surface area contributed by atoms with Crippen LogP contribution in [0.1, 0.15) is 23.0 Å². The molecule has 2 N–H and O–H groups in total. The molecule has 0 aliphatic carbocycles. The quantitative estimate of drug-likeness (QED) is 0.814. The number of ether oxygens (including phenoxy) is 1.